The van der Waals surface area contributed by atoms with Crippen LogP contribution in [0, 0.1) is 0 Å². The van der Waals surface area contributed by atoms with Gasteiger partial charge in [-0.25, -0.2) is 4.21 Å². The molecule has 1 fully saturated rings. The van der Waals surface area contributed by atoms with E-state index in [0.717, 1.165) is 37.0 Å². The number of benzene rings is 2. The maximum absolute atomic E-state index is 10.8. The number of fused-ring (bicyclic) bond motifs is 3. The van der Waals surface area contributed by atoms with Gasteiger partial charge in [-0.2, -0.15) is 0 Å². The van der Waals surface area contributed by atoms with Gasteiger partial charge in [-0.1, -0.05) is 30.3 Å². The molecule has 0 aliphatic carbocycles. The first-order valence-corrected chi connectivity index (χ1v) is 11.9. The van der Waals surface area contributed by atoms with E-state index in [9.17, 15) is 4.21 Å². The molecule has 0 saturated carbocycles. The number of likely N-dealkylation sites (tertiary alicyclic amines) is 1. The first-order valence-electron chi connectivity index (χ1n) is 10.8. The molecule has 32 heavy (non-hydrogen) atoms. The third kappa shape index (κ3) is 4.26. The number of aromatic nitrogens is 2. The van der Waals surface area contributed by atoms with Crippen LogP contribution in [0.4, 0.5) is 5.69 Å². The van der Waals surface area contributed by atoms with E-state index < -0.39 is 11.3 Å². The molecule has 2 N–H and O–H groups in total. The fourth-order valence-corrected chi connectivity index (χ4v) is 4.92. The van der Waals surface area contributed by atoms with E-state index in [-0.39, 0.29) is 0 Å². The summed E-state index contributed by atoms with van der Waals surface area (Å²) in [7, 11) is 2.08. The zero-order valence-corrected chi connectivity index (χ0v) is 18.8. The molecular formula is C25H26N4O2S. The molecule has 1 unspecified atom stereocenters. The molecule has 6 nitrogen and oxygen atoms in total. The van der Waals surface area contributed by atoms with Crippen LogP contribution in [-0.4, -0.2) is 36.3 Å². The number of hydrogen-bond acceptors (Lipinski definition) is 3. The Morgan fingerprint density at radius 2 is 1.75 bits per heavy atom. The van der Waals surface area contributed by atoms with Crippen LogP contribution in [-0.2, 0) is 18.3 Å². The number of aryl methyl sites for hydroxylation is 1. The fraction of sp³-hybridized carbons (Fsp3) is 0.240. The lowest BCUT2D eigenvalue weighted by Crippen LogP contribution is -2.28. The summed E-state index contributed by atoms with van der Waals surface area (Å²) >= 11 is -2.05. The minimum atomic E-state index is -2.05. The number of nitrogens with one attached hydrogen (secondary N) is 1. The van der Waals surface area contributed by atoms with Crippen LogP contribution >= 0.6 is 0 Å². The number of nitrogens with zero attached hydrogens (tertiary/aromatic N) is 3. The normalized spacial score (nSPS) is 16.2. The van der Waals surface area contributed by atoms with Gasteiger partial charge in [0.15, 0.2) is 0 Å². The van der Waals surface area contributed by atoms with Gasteiger partial charge in [0.05, 0.1) is 11.2 Å². The Labute approximate surface area is 190 Å². The topological polar surface area (TPSA) is 70.4 Å². The second-order valence-electron chi connectivity index (χ2n) is 8.36. The maximum Gasteiger partial charge on any atom is 0.259 e. The maximum atomic E-state index is 10.8. The first kappa shape index (κ1) is 20.7. The van der Waals surface area contributed by atoms with E-state index in [1.807, 2.05) is 12.1 Å². The Kier molecular flexibility index (Phi) is 5.68. The summed E-state index contributed by atoms with van der Waals surface area (Å²) in [5, 5.41) is 3.79. The molecule has 2 aromatic heterocycles. The molecule has 7 heteroatoms. The van der Waals surface area contributed by atoms with E-state index in [1.54, 1.807) is 12.1 Å². The SMILES string of the molecule is Cn1cc2c(C3CCN(C=Cc4ccc(NS(=O)O)cc4)CC3)nc3ccccc3c2c1. The van der Waals surface area contributed by atoms with Crippen LogP contribution in [0.25, 0.3) is 27.8 Å². The Bertz CT molecular complexity index is 1310. The largest absolute Gasteiger partial charge is 0.377 e. The molecule has 4 aromatic rings. The second-order valence-corrected chi connectivity index (χ2v) is 9.07. The summed E-state index contributed by atoms with van der Waals surface area (Å²) in [5.41, 5.74) is 3.99. The summed E-state index contributed by atoms with van der Waals surface area (Å²) in [6.45, 7) is 1.99. The lowest BCUT2D eigenvalue weighted by molar-refractivity contribution is 0.284. The summed E-state index contributed by atoms with van der Waals surface area (Å²) < 4.78 is 24.3. The number of hydrogen-bond donors (Lipinski definition) is 2. The minimum absolute atomic E-state index is 0.457. The highest BCUT2D eigenvalue weighted by atomic mass is 32.2. The minimum Gasteiger partial charge on any atom is -0.377 e. The van der Waals surface area contributed by atoms with E-state index in [2.05, 4.69) is 70.2 Å². The van der Waals surface area contributed by atoms with Gasteiger partial charge in [0.2, 0.25) is 0 Å². The number of piperidine rings is 1. The molecule has 1 saturated heterocycles. The third-order valence-electron chi connectivity index (χ3n) is 6.18. The number of pyridine rings is 1. The zero-order chi connectivity index (χ0) is 22.1. The summed E-state index contributed by atoms with van der Waals surface area (Å²) in [4.78, 5) is 7.45. The number of rotatable bonds is 5. The van der Waals surface area contributed by atoms with Crippen molar-refractivity contribution < 1.29 is 8.76 Å². The van der Waals surface area contributed by atoms with Gasteiger partial charge in [0.1, 0.15) is 0 Å². The first-order chi connectivity index (χ1) is 15.6. The van der Waals surface area contributed by atoms with Crippen molar-refractivity contribution in [1.82, 2.24) is 14.5 Å². The smallest absolute Gasteiger partial charge is 0.259 e. The van der Waals surface area contributed by atoms with Crippen molar-refractivity contribution in [2.45, 2.75) is 18.8 Å². The van der Waals surface area contributed by atoms with E-state index in [1.165, 1.54) is 21.9 Å². The standard InChI is InChI=1S/C25H26N4O2S/c1-28-16-22-21-4-2-3-5-24(21)26-25(23(22)17-28)19-11-14-29(15-12-19)13-10-18-6-8-20(9-7-18)27-32(30)31/h2-10,13,16-17,19,27H,11-12,14-15H2,1H3,(H,30,31). The molecule has 5 rings (SSSR count). The van der Waals surface area contributed by atoms with E-state index in [4.69, 9.17) is 9.54 Å². The molecule has 0 spiro atoms. The molecule has 0 radical (unpaired) electrons. The predicted molar refractivity (Wildman–Crippen MR) is 132 cm³/mol. The summed E-state index contributed by atoms with van der Waals surface area (Å²) in [6, 6.07) is 15.9. The molecule has 1 atom stereocenters. The Morgan fingerprint density at radius 3 is 2.50 bits per heavy atom. The molecule has 0 amide bonds. The lowest BCUT2D eigenvalue weighted by Gasteiger charge is -2.31. The van der Waals surface area contributed by atoms with Crippen molar-refractivity contribution in [2.24, 2.45) is 7.05 Å². The average Bonchev–Trinajstić information content (AvgIpc) is 3.20. The van der Waals surface area contributed by atoms with Gasteiger partial charge in [0.25, 0.3) is 11.3 Å². The monoisotopic (exact) mass is 446 g/mol. The van der Waals surface area contributed by atoms with Crippen LogP contribution in [0.15, 0.2) is 67.1 Å². The fourth-order valence-electron chi connectivity index (χ4n) is 4.58. The molecule has 1 aliphatic rings. The van der Waals surface area contributed by atoms with Gasteiger partial charge < -0.3 is 9.47 Å². The molecule has 0 bridgehead atoms. The van der Waals surface area contributed by atoms with Gasteiger partial charge in [-0.05, 0) is 48.9 Å². The Balaban J connectivity index is 1.30. The van der Waals surface area contributed by atoms with Crippen LogP contribution in [0.1, 0.15) is 30.0 Å². The molecule has 164 valence electrons. The van der Waals surface area contributed by atoms with Crippen molar-refractivity contribution in [3.63, 3.8) is 0 Å². The third-order valence-corrected chi connectivity index (χ3v) is 6.59. The predicted octanol–water partition coefficient (Wildman–Crippen LogP) is 5.13. The second kappa shape index (κ2) is 8.76. The van der Waals surface area contributed by atoms with Crippen molar-refractivity contribution in [3.05, 3.63) is 78.4 Å². The number of anilines is 1. The van der Waals surface area contributed by atoms with E-state index >= 15 is 0 Å². The van der Waals surface area contributed by atoms with Crippen molar-refractivity contribution >= 4 is 44.7 Å². The Morgan fingerprint density at radius 1 is 1.03 bits per heavy atom. The molecule has 2 aromatic carbocycles. The van der Waals surface area contributed by atoms with Crippen molar-refractivity contribution in [1.29, 1.82) is 0 Å². The Hall–Kier alpha value is -3.16. The van der Waals surface area contributed by atoms with Crippen LogP contribution in [0.3, 0.4) is 0 Å². The highest BCUT2D eigenvalue weighted by Gasteiger charge is 2.23. The van der Waals surface area contributed by atoms with Crippen LogP contribution < -0.4 is 4.72 Å². The van der Waals surface area contributed by atoms with Crippen LogP contribution in [0.2, 0.25) is 0 Å². The van der Waals surface area contributed by atoms with Gasteiger partial charge >= 0.3 is 0 Å². The van der Waals surface area contributed by atoms with Gasteiger partial charge in [-0.15, -0.1) is 0 Å². The van der Waals surface area contributed by atoms with Crippen molar-refractivity contribution in [3.8, 4) is 0 Å². The highest BCUT2D eigenvalue weighted by Crippen LogP contribution is 2.35. The number of para-hydroxylation sites is 1. The molecule has 3 heterocycles. The quantitative estimate of drug-likeness (QED) is 0.417. The van der Waals surface area contributed by atoms with Gasteiger partial charge in [0, 0.05) is 60.3 Å². The average molecular weight is 447 g/mol. The van der Waals surface area contributed by atoms with Crippen LogP contribution in [0.5, 0.6) is 0 Å². The lowest BCUT2D eigenvalue weighted by atomic mass is 9.90. The highest BCUT2D eigenvalue weighted by molar-refractivity contribution is 7.80. The van der Waals surface area contributed by atoms with Gasteiger partial charge in [-0.3, -0.25) is 14.3 Å². The summed E-state index contributed by atoms with van der Waals surface area (Å²) in [6.07, 6.45) is 10.8. The summed E-state index contributed by atoms with van der Waals surface area (Å²) in [5.74, 6) is 0.457. The zero-order valence-electron chi connectivity index (χ0n) is 17.9. The van der Waals surface area contributed by atoms with E-state index in [0.29, 0.717) is 11.6 Å². The van der Waals surface area contributed by atoms with Crippen molar-refractivity contribution in [2.75, 3.05) is 17.8 Å². The molecular weight excluding hydrogens is 420 g/mol. The molecule has 1 aliphatic heterocycles.